The van der Waals surface area contributed by atoms with E-state index in [1.807, 2.05) is 0 Å². The summed E-state index contributed by atoms with van der Waals surface area (Å²) in [4.78, 5) is 0. The van der Waals surface area contributed by atoms with Gasteiger partial charge in [-0.25, -0.2) is 4.57 Å². The van der Waals surface area contributed by atoms with Crippen LogP contribution in [0, 0.1) is 0 Å². The molecule has 5 heteroatoms. The molecule has 0 amide bonds. The summed E-state index contributed by atoms with van der Waals surface area (Å²) in [6.45, 7) is 12.2. The van der Waals surface area contributed by atoms with Gasteiger partial charge in [-0.2, -0.15) is 0 Å². The summed E-state index contributed by atoms with van der Waals surface area (Å²) >= 11 is 0. The minimum Gasteiger partial charge on any atom is -0.273 e. The maximum atomic E-state index is 12.4. The van der Waals surface area contributed by atoms with Crippen molar-refractivity contribution in [3.63, 3.8) is 0 Å². The third kappa shape index (κ3) is 7.46. The first-order chi connectivity index (χ1) is 6.54. The van der Waals surface area contributed by atoms with Crippen molar-refractivity contribution in [2.75, 3.05) is 0 Å². The van der Waals surface area contributed by atoms with Gasteiger partial charge in [-0.3, -0.25) is 4.52 Å². The van der Waals surface area contributed by atoms with Gasteiger partial charge in [0.1, 0.15) is 0 Å². The summed E-state index contributed by atoms with van der Waals surface area (Å²) in [6.07, 6.45) is 0.468. The Hall–Kier alpha value is -0.470. The summed E-state index contributed by atoms with van der Waals surface area (Å²) in [5, 5.41) is 0. The molecular formula is C10H17F2O2P. The Balaban J connectivity index is 4.77. The fourth-order valence-corrected chi connectivity index (χ4v) is 2.30. The van der Waals surface area contributed by atoms with Crippen LogP contribution in [-0.2, 0) is 9.09 Å². The van der Waals surface area contributed by atoms with Gasteiger partial charge in [-0.05, 0) is 33.6 Å². The Morgan fingerprint density at radius 1 is 1.27 bits per heavy atom. The molecule has 15 heavy (non-hydrogen) atoms. The van der Waals surface area contributed by atoms with E-state index in [1.165, 1.54) is 6.92 Å². The lowest BCUT2D eigenvalue weighted by Gasteiger charge is -2.29. The van der Waals surface area contributed by atoms with Crippen LogP contribution in [0.4, 0.5) is 8.39 Å². The minimum absolute atomic E-state index is 0.234. The van der Waals surface area contributed by atoms with Crippen LogP contribution in [0.3, 0.4) is 0 Å². The Labute approximate surface area is 89.7 Å². The van der Waals surface area contributed by atoms with Crippen molar-refractivity contribution >= 4 is 7.99 Å². The quantitative estimate of drug-likeness (QED) is 0.493. The van der Waals surface area contributed by atoms with E-state index in [2.05, 4.69) is 17.7 Å². The molecule has 0 aromatic rings. The van der Waals surface area contributed by atoms with Crippen LogP contribution < -0.4 is 0 Å². The zero-order chi connectivity index (χ0) is 12.3. The van der Waals surface area contributed by atoms with Crippen LogP contribution in [0.25, 0.3) is 0 Å². The standard InChI is InChI=1S/C10H17F2O2P/c1-8(2)6-10(5,7-9(3)4)14-15(11,12)13/h1,3,6-7H2,2,4-5H3. The van der Waals surface area contributed by atoms with E-state index in [1.54, 1.807) is 13.8 Å². The van der Waals surface area contributed by atoms with Gasteiger partial charge in [0.25, 0.3) is 0 Å². The van der Waals surface area contributed by atoms with Gasteiger partial charge in [0, 0.05) is 0 Å². The van der Waals surface area contributed by atoms with E-state index in [-0.39, 0.29) is 12.8 Å². The predicted octanol–water partition coefficient (Wildman–Crippen LogP) is 4.74. The molecule has 0 atom stereocenters. The summed E-state index contributed by atoms with van der Waals surface area (Å²) in [7, 11) is -5.48. The highest BCUT2D eigenvalue weighted by Gasteiger charge is 2.36. The van der Waals surface area contributed by atoms with Gasteiger partial charge in [-0.1, -0.05) is 11.1 Å². The van der Waals surface area contributed by atoms with E-state index < -0.39 is 13.6 Å². The maximum Gasteiger partial charge on any atom is 0.552 e. The molecule has 0 bridgehead atoms. The van der Waals surface area contributed by atoms with Crippen molar-refractivity contribution in [2.24, 2.45) is 0 Å². The number of halogens is 2. The first-order valence-corrected chi connectivity index (χ1v) is 5.94. The summed E-state index contributed by atoms with van der Waals surface area (Å²) in [5.74, 6) is 0. The molecule has 0 spiro atoms. The first kappa shape index (κ1) is 14.5. The van der Waals surface area contributed by atoms with E-state index in [4.69, 9.17) is 0 Å². The zero-order valence-electron chi connectivity index (χ0n) is 9.35. The molecule has 0 aliphatic carbocycles. The van der Waals surface area contributed by atoms with Crippen LogP contribution in [0.2, 0.25) is 0 Å². The Kier molecular flexibility index (Phi) is 4.88. The van der Waals surface area contributed by atoms with Gasteiger partial charge in [0.05, 0.1) is 5.60 Å². The van der Waals surface area contributed by atoms with Gasteiger partial charge in [0.15, 0.2) is 0 Å². The summed E-state index contributed by atoms with van der Waals surface area (Å²) in [5.41, 5.74) is 0.218. The topological polar surface area (TPSA) is 26.3 Å². The Bertz CT molecular complexity index is 291. The molecule has 0 N–H and O–H groups in total. The minimum atomic E-state index is -5.48. The second-order valence-electron chi connectivity index (χ2n) is 4.22. The van der Waals surface area contributed by atoms with Crippen molar-refractivity contribution in [1.29, 1.82) is 0 Å². The van der Waals surface area contributed by atoms with Crippen molar-refractivity contribution in [3.8, 4) is 0 Å². The molecule has 0 aromatic heterocycles. The summed E-state index contributed by atoms with van der Waals surface area (Å²) in [6, 6.07) is 0. The first-order valence-electron chi connectivity index (χ1n) is 4.53. The lowest BCUT2D eigenvalue weighted by molar-refractivity contribution is 0.0710. The van der Waals surface area contributed by atoms with Crippen LogP contribution in [-0.4, -0.2) is 5.60 Å². The van der Waals surface area contributed by atoms with Crippen molar-refractivity contribution in [2.45, 2.75) is 39.2 Å². The molecule has 0 aromatic carbocycles. The SMILES string of the molecule is C=C(C)CC(C)(CC(=C)C)OP(=O)(F)F. The van der Waals surface area contributed by atoms with Crippen LogP contribution in [0.15, 0.2) is 24.3 Å². The molecule has 0 radical (unpaired) electrons. The van der Waals surface area contributed by atoms with Gasteiger partial charge < -0.3 is 0 Å². The van der Waals surface area contributed by atoms with Crippen LogP contribution in [0.1, 0.15) is 33.6 Å². The lowest BCUT2D eigenvalue weighted by atomic mass is 9.91. The van der Waals surface area contributed by atoms with Crippen molar-refractivity contribution in [1.82, 2.24) is 0 Å². The molecule has 0 fully saturated rings. The van der Waals surface area contributed by atoms with E-state index in [0.29, 0.717) is 11.1 Å². The second-order valence-corrected chi connectivity index (χ2v) is 5.23. The van der Waals surface area contributed by atoms with Crippen LogP contribution >= 0.6 is 7.99 Å². The molecule has 0 rings (SSSR count). The Morgan fingerprint density at radius 3 is 1.80 bits per heavy atom. The molecule has 0 aliphatic rings. The van der Waals surface area contributed by atoms with Gasteiger partial charge in [0.2, 0.25) is 0 Å². The molecule has 0 saturated heterocycles. The van der Waals surface area contributed by atoms with Gasteiger partial charge >= 0.3 is 7.99 Å². The average Bonchev–Trinajstić information content (AvgIpc) is 1.73. The van der Waals surface area contributed by atoms with E-state index in [9.17, 15) is 13.0 Å². The summed E-state index contributed by atoms with van der Waals surface area (Å²) < 4.78 is 39.5. The third-order valence-corrected chi connectivity index (χ3v) is 2.33. The zero-order valence-corrected chi connectivity index (χ0v) is 10.2. The van der Waals surface area contributed by atoms with Crippen LogP contribution in [0.5, 0.6) is 0 Å². The molecule has 0 heterocycles. The lowest BCUT2D eigenvalue weighted by Crippen LogP contribution is -2.27. The molecule has 0 aliphatic heterocycles. The van der Waals surface area contributed by atoms with E-state index >= 15 is 0 Å². The third-order valence-electron chi connectivity index (χ3n) is 1.68. The average molecular weight is 238 g/mol. The largest absolute Gasteiger partial charge is 0.552 e. The Morgan fingerprint density at radius 2 is 1.60 bits per heavy atom. The molecule has 2 nitrogen and oxygen atoms in total. The number of hydrogen-bond acceptors (Lipinski definition) is 2. The second kappa shape index (κ2) is 5.04. The molecule has 88 valence electrons. The highest BCUT2D eigenvalue weighted by molar-refractivity contribution is 7.47. The van der Waals surface area contributed by atoms with Gasteiger partial charge in [-0.15, -0.1) is 21.6 Å². The number of rotatable bonds is 6. The smallest absolute Gasteiger partial charge is 0.273 e. The normalized spacial score (nSPS) is 12.6. The predicted molar refractivity (Wildman–Crippen MR) is 58.2 cm³/mol. The fourth-order valence-electron chi connectivity index (χ4n) is 1.66. The number of hydrogen-bond donors (Lipinski definition) is 0. The van der Waals surface area contributed by atoms with Crippen molar-refractivity contribution < 1.29 is 17.5 Å². The molecule has 0 unspecified atom stereocenters. The molecule has 0 saturated carbocycles. The van der Waals surface area contributed by atoms with Crippen molar-refractivity contribution in [3.05, 3.63) is 24.3 Å². The fraction of sp³-hybridized carbons (Fsp3) is 0.600. The monoisotopic (exact) mass is 238 g/mol. The van der Waals surface area contributed by atoms with E-state index in [0.717, 1.165) is 0 Å². The molecular weight excluding hydrogens is 221 g/mol. The highest BCUT2D eigenvalue weighted by Crippen LogP contribution is 2.55. The maximum absolute atomic E-state index is 12.4. The highest BCUT2D eigenvalue weighted by atomic mass is 31.2.